The third-order valence-electron chi connectivity index (χ3n) is 5.20. The number of amidine groups is 1. The van der Waals surface area contributed by atoms with E-state index in [1.807, 2.05) is 24.3 Å². The van der Waals surface area contributed by atoms with Crippen LogP contribution in [-0.4, -0.2) is 26.8 Å². The molecular weight excluding hydrogens is 442 g/mol. The van der Waals surface area contributed by atoms with E-state index in [2.05, 4.69) is 17.3 Å². The fraction of sp³-hybridized carbons (Fsp3) is 0.174. The zero-order valence-corrected chi connectivity index (χ0v) is 18.4. The van der Waals surface area contributed by atoms with Crippen molar-refractivity contribution in [2.75, 3.05) is 5.75 Å². The van der Waals surface area contributed by atoms with Gasteiger partial charge >= 0.3 is 0 Å². The molecule has 0 saturated heterocycles. The number of rotatable bonds is 5. The van der Waals surface area contributed by atoms with Crippen LogP contribution in [0.4, 0.5) is 5.69 Å². The Labute approximate surface area is 192 Å². The van der Waals surface area contributed by atoms with Gasteiger partial charge in [-0.3, -0.25) is 20.2 Å². The molecule has 0 saturated carbocycles. The number of carbonyl (C=O) groups excluding carboxylic acids is 1. The molecule has 166 valence electrons. The lowest BCUT2D eigenvalue weighted by molar-refractivity contribution is -0.384. The number of nitro benzene ring substituents is 1. The molecule has 2 aromatic carbocycles. The van der Waals surface area contributed by atoms with Crippen molar-refractivity contribution >= 4 is 34.2 Å². The third kappa shape index (κ3) is 3.89. The second-order valence-electron chi connectivity index (χ2n) is 7.43. The van der Waals surface area contributed by atoms with E-state index >= 15 is 0 Å². The molecule has 1 aromatic heterocycles. The molecule has 0 bridgehead atoms. The van der Waals surface area contributed by atoms with E-state index < -0.39 is 11.1 Å². The summed E-state index contributed by atoms with van der Waals surface area (Å²) >= 11 is 1.48. The minimum atomic E-state index is -0.662. The van der Waals surface area contributed by atoms with Gasteiger partial charge in [-0.05, 0) is 36.8 Å². The minimum absolute atomic E-state index is 0.00874. The molecule has 33 heavy (non-hydrogen) atoms. The van der Waals surface area contributed by atoms with E-state index in [1.54, 1.807) is 29.3 Å². The molecule has 0 spiro atoms. The number of carbonyl (C=O) groups is 1. The quantitative estimate of drug-likeness (QED) is 0.461. The van der Waals surface area contributed by atoms with Gasteiger partial charge in [0.2, 0.25) is 6.17 Å². The number of hydrogen-bond donors (Lipinski definition) is 1. The van der Waals surface area contributed by atoms with Crippen molar-refractivity contribution in [3.63, 3.8) is 0 Å². The standard InChI is InChI=1S/C23H19N5O4S/c1-2-13-33-23-25-22(29)20-16-5-3-4-6-17(16)24-21(27(20)26-23)19-12-11-18(32-19)14-7-9-15(10-8-14)28(30)31/h3-12,21H,2,13H2,1H3,(H,25,26,29)/t21-/m1/s1. The van der Waals surface area contributed by atoms with Crippen LogP contribution in [0.15, 0.2) is 75.2 Å². The van der Waals surface area contributed by atoms with E-state index in [4.69, 9.17) is 9.41 Å². The van der Waals surface area contributed by atoms with Crippen LogP contribution in [0.3, 0.4) is 0 Å². The third-order valence-corrected chi connectivity index (χ3v) is 6.27. The van der Waals surface area contributed by atoms with Crippen molar-refractivity contribution in [2.24, 2.45) is 10.1 Å². The van der Waals surface area contributed by atoms with Crippen molar-refractivity contribution < 1.29 is 14.1 Å². The molecule has 0 aliphatic carbocycles. The van der Waals surface area contributed by atoms with Crippen LogP contribution >= 0.6 is 11.8 Å². The second-order valence-corrected chi connectivity index (χ2v) is 8.51. The number of hydrazone groups is 1. The van der Waals surface area contributed by atoms with Gasteiger partial charge in [0, 0.05) is 28.7 Å². The second kappa shape index (κ2) is 8.55. The van der Waals surface area contributed by atoms with Crippen LogP contribution in [0.1, 0.15) is 25.3 Å². The molecule has 0 unspecified atom stereocenters. The topological polar surface area (TPSA) is 113 Å². The number of para-hydroxylation sites is 1. The molecule has 2 aliphatic heterocycles. The van der Waals surface area contributed by atoms with Gasteiger partial charge in [-0.2, -0.15) is 0 Å². The van der Waals surface area contributed by atoms with Crippen molar-refractivity contribution in [2.45, 2.75) is 19.5 Å². The lowest BCUT2D eigenvalue weighted by atomic mass is 10.1. The number of nitrogens with zero attached hydrogens (tertiary/aromatic N) is 4. The molecule has 5 rings (SSSR count). The summed E-state index contributed by atoms with van der Waals surface area (Å²) in [5.74, 6) is 1.64. The van der Waals surface area contributed by atoms with E-state index in [-0.39, 0.29) is 11.6 Å². The summed E-state index contributed by atoms with van der Waals surface area (Å²) in [6, 6.07) is 17.1. The largest absolute Gasteiger partial charge is 0.457 e. The highest BCUT2D eigenvalue weighted by Gasteiger charge is 2.35. The Morgan fingerprint density at radius 3 is 2.70 bits per heavy atom. The number of furan rings is 1. The Hall–Kier alpha value is -3.92. The van der Waals surface area contributed by atoms with Gasteiger partial charge in [0.05, 0.1) is 10.3 Å². The molecule has 1 amide bonds. The van der Waals surface area contributed by atoms with Gasteiger partial charge in [0.1, 0.15) is 11.5 Å². The number of hydrogen-bond acceptors (Lipinski definition) is 8. The summed E-state index contributed by atoms with van der Waals surface area (Å²) in [4.78, 5) is 28.3. The minimum Gasteiger partial charge on any atom is -0.457 e. The first-order valence-corrected chi connectivity index (χ1v) is 11.4. The maximum absolute atomic E-state index is 13.0. The summed E-state index contributed by atoms with van der Waals surface area (Å²) < 4.78 is 6.10. The molecule has 10 heteroatoms. The first kappa shape index (κ1) is 21.0. The summed E-state index contributed by atoms with van der Waals surface area (Å²) in [6.45, 7) is 2.06. The van der Waals surface area contributed by atoms with E-state index in [1.165, 1.54) is 23.9 Å². The lowest BCUT2D eigenvalue weighted by Crippen LogP contribution is -2.50. The Balaban J connectivity index is 1.57. The van der Waals surface area contributed by atoms with Gasteiger partial charge < -0.3 is 4.42 Å². The predicted molar refractivity (Wildman–Crippen MR) is 124 cm³/mol. The smallest absolute Gasteiger partial charge is 0.276 e. The molecule has 3 aromatic rings. The van der Waals surface area contributed by atoms with Crippen LogP contribution < -0.4 is 15.9 Å². The normalized spacial score (nSPS) is 16.9. The van der Waals surface area contributed by atoms with Gasteiger partial charge in [0.15, 0.2) is 10.9 Å². The Morgan fingerprint density at radius 2 is 1.94 bits per heavy atom. The number of fused-ring (bicyclic) bond motifs is 2. The highest BCUT2D eigenvalue weighted by atomic mass is 32.2. The van der Waals surface area contributed by atoms with Crippen LogP contribution in [-0.2, 0) is 4.79 Å². The lowest BCUT2D eigenvalue weighted by Gasteiger charge is -2.32. The Kier molecular flexibility index (Phi) is 5.43. The van der Waals surface area contributed by atoms with Crippen molar-refractivity contribution in [3.05, 3.63) is 87.1 Å². The van der Waals surface area contributed by atoms with Crippen molar-refractivity contribution in [1.82, 2.24) is 10.3 Å². The average Bonchev–Trinajstić information content (AvgIpc) is 3.32. The number of amides is 1. The number of nitrogens with one attached hydrogen (secondary N) is 1. The summed E-state index contributed by atoms with van der Waals surface area (Å²) in [6.07, 6.45) is 0.286. The Bertz CT molecular complexity index is 1400. The molecule has 2 aliphatic rings. The molecule has 1 N–H and O–H groups in total. The maximum Gasteiger partial charge on any atom is 0.276 e. The van der Waals surface area contributed by atoms with Crippen LogP contribution in [0.5, 0.6) is 0 Å². The molecule has 0 radical (unpaired) electrons. The molecule has 9 nitrogen and oxygen atoms in total. The number of thioether (sulfide) groups is 1. The SMILES string of the molecule is CCCSC1=NN2C(=c3ccccc3=N[C@H]2c2ccc(-c3ccc([N+](=O)[O-])cc3)o2)C(=O)N1. The monoisotopic (exact) mass is 461 g/mol. The first-order valence-electron chi connectivity index (χ1n) is 10.4. The molecule has 3 heterocycles. The number of benzene rings is 2. The van der Waals surface area contributed by atoms with E-state index in [0.29, 0.717) is 38.5 Å². The summed E-state index contributed by atoms with van der Waals surface area (Å²) in [5, 5.41) is 22.0. The fourth-order valence-corrected chi connectivity index (χ4v) is 4.38. The fourth-order valence-electron chi connectivity index (χ4n) is 3.67. The molecule has 0 fully saturated rings. The van der Waals surface area contributed by atoms with Crippen molar-refractivity contribution in [1.29, 1.82) is 0 Å². The highest BCUT2D eigenvalue weighted by molar-refractivity contribution is 8.13. The summed E-state index contributed by atoms with van der Waals surface area (Å²) in [7, 11) is 0. The van der Waals surface area contributed by atoms with Crippen LogP contribution in [0, 0.1) is 10.1 Å². The van der Waals surface area contributed by atoms with E-state index in [0.717, 1.165) is 12.2 Å². The predicted octanol–water partition coefficient (Wildman–Crippen LogP) is 3.14. The van der Waals surface area contributed by atoms with Gasteiger partial charge in [-0.25, -0.2) is 10.0 Å². The van der Waals surface area contributed by atoms with Gasteiger partial charge in [0.25, 0.3) is 11.6 Å². The van der Waals surface area contributed by atoms with Gasteiger partial charge in [-0.15, -0.1) is 5.10 Å². The number of nitro groups is 1. The van der Waals surface area contributed by atoms with E-state index in [9.17, 15) is 14.9 Å². The molecule has 1 atom stereocenters. The van der Waals surface area contributed by atoms with Crippen molar-refractivity contribution in [3.8, 4) is 11.3 Å². The molecular formula is C23H19N5O4S. The maximum atomic E-state index is 13.0. The van der Waals surface area contributed by atoms with Gasteiger partial charge in [-0.1, -0.05) is 36.9 Å². The zero-order valence-electron chi connectivity index (χ0n) is 17.6. The zero-order chi connectivity index (χ0) is 22.9. The summed E-state index contributed by atoms with van der Waals surface area (Å²) in [5.41, 5.74) is 1.13. The van der Waals surface area contributed by atoms with Crippen LogP contribution in [0.25, 0.3) is 17.0 Å². The average molecular weight is 462 g/mol. The highest BCUT2D eigenvalue weighted by Crippen LogP contribution is 2.34. The number of non-ortho nitro benzene ring substituents is 1. The first-order chi connectivity index (χ1) is 16.0. The Morgan fingerprint density at radius 1 is 1.15 bits per heavy atom. The van der Waals surface area contributed by atoms with Crippen LogP contribution in [0.2, 0.25) is 0 Å².